The number of likely N-dealkylation sites (N-methyl/N-ethyl adjacent to an activating group) is 1. The monoisotopic (exact) mass is 342 g/mol. The van der Waals surface area contributed by atoms with Crippen molar-refractivity contribution in [3.05, 3.63) is 53.3 Å². The molecule has 2 unspecified atom stereocenters. The molecule has 0 aliphatic heterocycles. The van der Waals surface area contributed by atoms with Crippen LogP contribution in [0.2, 0.25) is 0 Å². The number of nitrogens with one attached hydrogen (secondary N) is 1. The Balaban J connectivity index is 1.69. The van der Waals surface area contributed by atoms with Crippen LogP contribution in [-0.4, -0.2) is 46.4 Å². The van der Waals surface area contributed by atoms with Gasteiger partial charge in [-0.15, -0.1) is 0 Å². The zero-order valence-corrected chi connectivity index (χ0v) is 14.1. The van der Waals surface area contributed by atoms with Crippen molar-refractivity contribution in [3.8, 4) is 0 Å². The topological polar surface area (TPSA) is 75.2 Å². The Morgan fingerprint density at radius 3 is 2.64 bits per heavy atom. The number of carbonyl (C=O) groups is 2. The normalized spacial score (nSPS) is 18.5. The Labute approximate surface area is 145 Å². The Morgan fingerprint density at radius 2 is 2.00 bits per heavy atom. The molecule has 1 saturated carbocycles. The first-order chi connectivity index (χ1) is 12.0. The van der Waals surface area contributed by atoms with Crippen LogP contribution in [-0.2, 0) is 4.79 Å². The minimum Gasteiger partial charge on any atom is -0.332 e. The number of anilines is 1. The van der Waals surface area contributed by atoms with Gasteiger partial charge in [0.1, 0.15) is 6.17 Å². The van der Waals surface area contributed by atoms with Crippen LogP contribution in [0.1, 0.15) is 33.8 Å². The SMILES string of the molecule is Cc1ccc(C(=O)N(C)CC(=O)Nc2ncccn2)c(C2CC2F)c1. The molecule has 0 spiro atoms. The maximum Gasteiger partial charge on any atom is 0.254 e. The number of carbonyl (C=O) groups excluding carboxylic acids is 2. The lowest BCUT2D eigenvalue weighted by Gasteiger charge is -2.19. The second-order valence-electron chi connectivity index (χ2n) is 6.23. The van der Waals surface area contributed by atoms with Crippen LogP contribution in [0.5, 0.6) is 0 Å². The molecule has 1 fully saturated rings. The first-order valence-corrected chi connectivity index (χ1v) is 8.02. The van der Waals surface area contributed by atoms with Gasteiger partial charge in [0.15, 0.2) is 0 Å². The van der Waals surface area contributed by atoms with Gasteiger partial charge in [-0.25, -0.2) is 14.4 Å². The first kappa shape index (κ1) is 17.0. The molecular formula is C18H19FN4O2. The summed E-state index contributed by atoms with van der Waals surface area (Å²) in [6.07, 6.45) is 2.58. The third kappa shape index (κ3) is 3.99. The highest BCUT2D eigenvalue weighted by Gasteiger charge is 2.41. The molecule has 7 heteroatoms. The highest BCUT2D eigenvalue weighted by Crippen LogP contribution is 2.45. The number of benzene rings is 1. The summed E-state index contributed by atoms with van der Waals surface area (Å²) >= 11 is 0. The van der Waals surface area contributed by atoms with Gasteiger partial charge in [-0.05, 0) is 31.0 Å². The van der Waals surface area contributed by atoms with E-state index in [4.69, 9.17) is 0 Å². The van der Waals surface area contributed by atoms with Gasteiger partial charge in [-0.3, -0.25) is 14.9 Å². The average Bonchev–Trinajstić information content (AvgIpc) is 3.31. The second-order valence-corrected chi connectivity index (χ2v) is 6.23. The zero-order chi connectivity index (χ0) is 18.0. The highest BCUT2D eigenvalue weighted by atomic mass is 19.1. The largest absolute Gasteiger partial charge is 0.332 e. The highest BCUT2D eigenvalue weighted by molar-refractivity contribution is 5.99. The van der Waals surface area contributed by atoms with Crippen molar-refractivity contribution in [2.45, 2.75) is 25.4 Å². The quantitative estimate of drug-likeness (QED) is 0.905. The van der Waals surface area contributed by atoms with E-state index in [1.807, 2.05) is 19.1 Å². The fourth-order valence-corrected chi connectivity index (χ4v) is 2.69. The van der Waals surface area contributed by atoms with Crippen molar-refractivity contribution >= 4 is 17.8 Å². The molecule has 6 nitrogen and oxygen atoms in total. The molecule has 1 aliphatic carbocycles. The van der Waals surface area contributed by atoms with Crippen LogP contribution < -0.4 is 5.32 Å². The molecule has 0 saturated heterocycles. The molecule has 0 radical (unpaired) electrons. The van der Waals surface area contributed by atoms with Crippen LogP contribution in [0.25, 0.3) is 0 Å². The van der Waals surface area contributed by atoms with Gasteiger partial charge in [0, 0.05) is 30.9 Å². The summed E-state index contributed by atoms with van der Waals surface area (Å²) in [6.45, 7) is 1.76. The van der Waals surface area contributed by atoms with Gasteiger partial charge in [0.05, 0.1) is 6.54 Å². The van der Waals surface area contributed by atoms with Gasteiger partial charge in [0.2, 0.25) is 11.9 Å². The van der Waals surface area contributed by atoms with E-state index < -0.39 is 12.1 Å². The number of amides is 2. The number of hydrogen-bond donors (Lipinski definition) is 1. The van der Waals surface area contributed by atoms with Crippen LogP contribution in [0.3, 0.4) is 0 Å². The smallest absolute Gasteiger partial charge is 0.254 e. The molecule has 3 rings (SSSR count). The standard InChI is InChI=1S/C18H19FN4O2/c1-11-4-5-12(13(8-11)14-9-15(14)19)17(25)23(2)10-16(24)22-18-20-6-3-7-21-18/h3-8,14-15H,9-10H2,1-2H3,(H,20,21,22,24). The fraction of sp³-hybridized carbons (Fsp3) is 0.333. The van der Waals surface area contributed by atoms with E-state index >= 15 is 0 Å². The lowest BCUT2D eigenvalue weighted by Crippen LogP contribution is -2.35. The maximum absolute atomic E-state index is 13.5. The fourth-order valence-electron chi connectivity index (χ4n) is 2.69. The van der Waals surface area contributed by atoms with Crippen molar-refractivity contribution in [2.24, 2.45) is 0 Å². The van der Waals surface area contributed by atoms with Crippen LogP contribution in [0.15, 0.2) is 36.7 Å². The maximum atomic E-state index is 13.5. The minimum atomic E-state index is -0.891. The van der Waals surface area contributed by atoms with Crippen molar-refractivity contribution in [1.29, 1.82) is 0 Å². The molecular weight excluding hydrogens is 323 g/mol. The minimum absolute atomic E-state index is 0.145. The molecule has 2 atom stereocenters. The predicted octanol–water partition coefficient (Wildman–Crippen LogP) is 2.32. The van der Waals surface area contributed by atoms with Crippen molar-refractivity contribution in [1.82, 2.24) is 14.9 Å². The van der Waals surface area contributed by atoms with Gasteiger partial charge in [-0.2, -0.15) is 0 Å². The Kier molecular flexibility index (Phi) is 4.74. The predicted molar refractivity (Wildman–Crippen MR) is 91.1 cm³/mol. The number of hydrogen-bond acceptors (Lipinski definition) is 4. The number of alkyl halides is 1. The second kappa shape index (κ2) is 6.96. The van der Waals surface area contributed by atoms with Gasteiger partial charge in [0.25, 0.3) is 5.91 Å². The third-order valence-corrected chi connectivity index (χ3v) is 4.09. The van der Waals surface area contributed by atoms with E-state index in [2.05, 4.69) is 15.3 Å². The number of rotatable bonds is 5. The average molecular weight is 342 g/mol. The number of halogens is 1. The van der Waals surface area contributed by atoms with Gasteiger partial charge in [-0.1, -0.05) is 17.7 Å². The van der Waals surface area contributed by atoms with E-state index in [1.54, 1.807) is 12.1 Å². The summed E-state index contributed by atoms with van der Waals surface area (Å²) in [4.78, 5) is 33.9. The summed E-state index contributed by atoms with van der Waals surface area (Å²) in [5, 5.41) is 2.53. The Bertz CT molecular complexity index is 797. The van der Waals surface area contributed by atoms with Crippen LogP contribution >= 0.6 is 0 Å². The van der Waals surface area contributed by atoms with Crippen molar-refractivity contribution in [3.63, 3.8) is 0 Å². The molecule has 1 heterocycles. The lowest BCUT2D eigenvalue weighted by atomic mass is 9.99. The molecule has 1 aromatic heterocycles. The van der Waals surface area contributed by atoms with E-state index in [-0.39, 0.29) is 24.3 Å². The first-order valence-electron chi connectivity index (χ1n) is 8.02. The molecule has 1 aromatic carbocycles. The van der Waals surface area contributed by atoms with Crippen LogP contribution in [0, 0.1) is 6.92 Å². The molecule has 1 N–H and O–H groups in total. The lowest BCUT2D eigenvalue weighted by molar-refractivity contribution is -0.116. The molecule has 0 bridgehead atoms. The van der Waals surface area contributed by atoms with Crippen molar-refractivity contribution < 1.29 is 14.0 Å². The molecule has 130 valence electrons. The molecule has 1 aliphatic rings. The van der Waals surface area contributed by atoms with Gasteiger partial charge < -0.3 is 4.90 Å². The number of nitrogens with zero attached hydrogens (tertiary/aromatic N) is 3. The Hall–Kier alpha value is -2.83. The number of aromatic nitrogens is 2. The van der Waals surface area contributed by atoms with E-state index in [9.17, 15) is 14.0 Å². The van der Waals surface area contributed by atoms with E-state index in [0.717, 1.165) is 11.1 Å². The van der Waals surface area contributed by atoms with E-state index in [0.29, 0.717) is 12.0 Å². The molecule has 25 heavy (non-hydrogen) atoms. The van der Waals surface area contributed by atoms with Gasteiger partial charge >= 0.3 is 0 Å². The summed E-state index contributed by atoms with van der Waals surface area (Å²) in [6, 6.07) is 7.01. The van der Waals surface area contributed by atoms with Crippen LogP contribution in [0.4, 0.5) is 10.3 Å². The zero-order valence-electron chi connectivity index (χ0n) is 14.1. The van der Waals surface area contributed by atoms with E-state index in [1.165, 1.54) is 24.3 Å². The summed E-state index contributed by atoms with van der Waals surface area (Å²) in [5.41, 5.74) is 2.14. The summed E-state index contributed by atoms with van der Waals surface area (Å²) in [5.74, 6) is -0.745. The van der Waals surface area contributed by atoms with Crippen molar-refractivity contribution in [2.75, 3.05) is 18.9 Å². The summed E-state index contributed by atoms with van der Waals surface area (Å²) in [7, 11) is 1.54. The summed E-state index contributed by atoms with van der Waals surface area (Å²) < 4.78 is 13.5. The molecule has 2 amide bonds. The number of aryl methyl sites for hydroxylation is 1. The Morgan fingerprint density at radius 1 is 1.32 bits per heavy atom. The third-order valence-electron chi connectivity index (χ3n) is 4.09. The molecule has 2 aromatic rings.